The number of rotatable bonds is 28. The number of ether oxygens (including phenoxy) is 3. The van der Waals surface area contributed by atoms with Gasteiger partial charge in [-0.1, -0.05) is 16.3 Å². The van der Waals surface area contributed by atoms with Gasteiger partial charge in [0.05, 0.1) is 69.7 Å². The molecule has 9 N–H and O–H groups in total. The van der Waals surface area contributed by atoms with Crippen molar-refractivity contribution in [3.63, 3.8) is 0 Å². The van der Waals surface area contributed by atoms with Crippen LogP contribution < -0.4 is 39.0 Å². The molecule has 0 aliphatic carbocycles. The normalized spacial score (nSPS) is 16.1. The molecule has 23 nitrogen and oxygen atoms in total. The molecular weight excluding hydrogens is 864 g/mol. The van der Waals surface area contributed by atoms with E-state index in [1.165, 1.54) is 4.68 Å². The van der Waals surface area contributed by atoms with Crippen LogP contribution in [0.3, 0.4) is 0 Å². The predicted octanol–water partition coefficient (Wildman–Crippen LogP) is -5.79. The summed E-state index contributed by atoms with van der Waals surface area (Å²) in [6.07, 6.45) is 12.5. The van der Waals surface area contributed by atoms with E-state index in [0.717, 1.165) is 50.9 Å². The third kappa shape index (κ3) is 16.5. The van der Waals surface area contributed by atoms with Gasteiger partial charge in [-0.15, -0.1) is 16.6 Å². The van der Waals surface area contributed by atoms with Crippen LogP contribution >= 0.6 is 0 Å². The van der Waals surface area contributed by atoms with Crippen molar-refractivity contribution in [3.05, 3.63) is 23.8 Å². The summed E-state index contributed by atoms with van der Waals surface area (Å²) in [7, 11) is 0. The molecule has 2 amide bonds. The van der Waals surface area contributed by atoms with Crippen molar-refractivity contribution in [3.8, 4) is 12.3 Å². The largest absolute Gasteiger partial charge is 1.00 e. The van der Waals surface area contributed by atoms with Gasteiger partial charge in [-0.05, 0) is 52.4 Å². The van der Waals surface area contributed by atoms with Crippen LogP contribution in [-0.2, 0) is 36.6 Å². The van der Waals surface area contributed by atoms with Crippen LogP contribution in [0.25, 0.3) is 0 Å². The van der Waals surface area contributed by atoms with Gasteiger partial charge in [0.15, 0.2) is 6.04 Å². The Bertz CT molecular complexity index is 1880. The van der Waals surface area contributed by atoms with E-state index in [9.17, 15) is 19.8 Å². The molecule has 0 radical (unpaired) electrons. The van der Waals surface area contributed by atoms with E-state index in [1.807, 2.05) is 14.7 Å². The lowest BCUT2D eigenvalue weighted by atomic mass is 10.1. The lowest BCUT2D eigenvalue weighted by molar-refractivity contribution is -0.368. The molecule has 65 heavy (non-hydrogen) atoms. The van der Waals surface area contributed by atoms with Crippen molar-refractivity contribution in [2.75, 3.05) is 127 Å². The van der Waals surface area contributed by atoms with Crippen LogP contribution in [0.5, 0.6) is 0 Å². The minimum Gasteiger partial charge on any atom is -1.00 e. The van der Waals surface area contributed by atoms with Crippen LogP contribution in [0.4, 0.5) is 17.8 Å². The summed E-state index contributed by atoms with van der Waals surface area (Å²) >= 11 is 0. The highest BCUT2D eigenvalue weighted by Gasteiger charge is 2.35. The molecule has 3 aromatic rings. The fourth-order valence-corrected chi connectivity index (χ4v) is 7.51. The fourth-order valence-electron chi connectivity index (χ4n) is 7.51. The molecule has 4 atom stereocenters. The van der Waals surface area contributed by atoms with Crippen LogP contribution in [-0.4, -0.2) is 201 Å². The summed E-state index contributed by atoms with van der Waals surface area (Å²) in [5, 5.41) is 40.9. The number of hydrogen-bond acceptors (Lipinski definition) is 17. The summed E-state index contributed by atoms with van der Waals surface area (Å²) < 4.78 is 19.6. The number of aromatic nitrogens is 9. The highest BCUT2D eigenvalue weighted by Crippen LogP contribution is 2.24. The van der Waals surface area contributed by atoms with Crippen LogP contribution in [0.2, 0.25) is 0 Å². The maximum atomic E-state index is 14.1. The topological polar surface area (TPSA) is 283 Å². The number of terminal acetylenes is 1. The zero-order chi connectivity index (χ0) is 45.7. The van der Waals surface area contributed by atoms with Gasteiger partial charge in [0.25, 0.3) is 0 Å². The van der Waals surface area contributed by atoms with E-state index in [1.54, 1.807) is 35.8 Å². The number of anilines is 3. The number of nitrogens with one attached hydrogen (secondary N) is 1. The second-order valence-electron chi connectivity index (χ2n) is 16.1. The molecule has 5 heterocycles. The van der Waals surface area contributed by atoms with E-state index in [2.05, 4.69) is 43.3 Å². The molecule has 3 aromatic heterocycles. The molecule has 362 valence electrons. The molecule has 0 bridgehead atoms. The standard InChI is InChI=1S/C41H68N16O7.ClH/c1-4-22-62-24-26-64-27-25-63-23-13-44-39-45-40(54-18-14-52(15-19-54)37(60)35(10-6-8-12-43)56-30-34(49-50-56)28-31(2)58)47-41(46-39)55-20-16-53(17-21-55)38(61)36(32(3)59)57-29-33(48-51-57)9-5-7-11-42;/h1,29-32,35-36,58-59H,5-28,42-43H2,2-3H3,(H,44,45,46,47);1H/p+1/t31?,32-,35+,36+;/m1./s1. The van der Waals surface area contributed by atoms with Gasteiger partial charge in [-0.3, -0.25) is 9.59 Å². The summed E-state index contributed by atoms with van der Waals surface area (Å²) in [5.74, 6) is 3.46. The van der Waals surface area contributed by atoms with Gasteiger partial charge >= 0.3 is 0 Å². The van der Waals surface area contributed by atoms with Crippen molar-refractivity contribution in [1.29, 1.82) is 0 Å². The Kier molecular flexibility index (Phi) is 23.0. The Morgan fingerprint density at radius 1 is 0.754 bits per heavy atom. The summed E-state index contributed by atoms with van der Waals surface area (Å²) in [4.78, 5) is 50.1. The van der Waals surface area contributed by atoms with E-state index in [-0.39, 0.29) is 30.8 Å². The monoisotopic (exact) mass is 934 g/mol. The predicted molar refractivity (Wildman–Crippen MR) is 235 cm³/mol. The van der Waals surface area contributed by atoms with Crippen molar-refractivity contribution < 1.29 is 57.9 Å². The molecule has 1 unspecified atom stereocenters. The number of amides is 2. The van der Waals surface area contributed by atoms with Gasteiger partial charge in [0.1, 0.15) is 12.6 Å². The molecule has 0 spiro atoms. The maximum Gasteiger partial charge on any atom is 0.250 e. The highest BCUT2D eigenvalue weighted by atomic mass is 35.5. The summed E-state index contributed by atoms with van der Waals surface area (Å²) in [5.41, 5.74) is 9.26. The lowest BCUT2D eigenvalue weighted by Crippen LogP contribution is -3.00. The first-order chi connectivity index (χ1) is 31.1. The van der Waals surface area contributed by atoms with E-state index < -0.39 is 24.3 Å². The first-order valence-electron chi connectivity index (χ1n) is 22.6. The Hall–Kier alpha value is -4.80. The first kappa shape index (κ1) is 52.8. The SMILES string of the molecule is C#CCOCCOCCOCCNc1nc(N2CCN(C(=O)[C@H]([C@@H](C)O)n3cc(CCCC[NH3+])nn3)CC2)nc(N2CCN(C(=O)[C@H](CCCC[NH3+])n3cc(CC(C)O)nn3)CC2)n1.[Cl-]. The van der Waals surface area contributed by atoms with Crippen LogP contribution in [0.1, 0.15) is 69.4 Å². The van der Waals surface area contributed by atoms with Crippen molar-refractivity contribution >= 4 is 29.7 Å². The molecule has 0 saturated carbocycles. The molecule has 5 rings (SSSR count). The minimum absolute atomic E-state index is 0. The number of piperazine rings is 2. The fraction of sp³-hybridized carbons (Fsp3) is 0.732. The average molecular weight is 935 g/mol. The number of carbonyl (C=O) groups is 2. The van der Waals surface area contributed by atoms with E-state index >= 15 is 0 Å². The molecule has 2 aliphatic heterocycles. The maximum absolute atomic E-state index is 14.1. The quantitative estimate of drug-likeness (QED) is 0.0335. The van der Waals surface area contributed by atoms with Gasteiger partial charge in [0.2, 0.25) is 29.7 Å². The van der Waals surface area contributed by atoms with Crippen molar-refractivity contribution in [2.45, 2.75) is 83.1 Å². The Labute approximate surface area is 387 Å². The van der Waals surface area contributed by atoms with Crippen LogP contribution in [0, 0.1) is 12.3 Å². The average Bonchev–Trinajstić information content (AvgIpc) is 3.96. The van der Waals surface area contributed by atoms with E-state index in [4.69, 9.17) is 35.6 Å². The minimum atomic E-state index is -0.980. The summed E-state index contributed by atoms with van der Waals surface area (Å²) in [6, 6.07) is -1.42. The number of aliphatic hydroxyl groups excluding tert-OH is 2. The first-order valence-corrected chi connectivity index (χ1v) is 22.6. The number of quaternary nitrogens is 2. The molecule has 24 heteroatoms. The van der Waals surface area contributed by atoms with Crippen molar-refractivity contribution in [1.82, 2.24) is 54.7 Å². The Balaban J connectivity index is 0.00000925. The smallest absolute Gasteiger partial charge is 0.250 e. The number of unbranched alkanes of at least 4 members (excludes halogenated alkanes) is 2. The number of aryl methyl sites for hydroxylation is 1. The Morgan fingerprint density at radius 3 is 1.91 bits per heavy atom. The van der Waals surface area contributed by atoms with Gasteiger partial charge in [-0.2, -0.15) is 15.0 Å². The van der Waals surface area contributed by atoms with Gasteiger partial charge < -0.3 is 73.2 Å². The summed E-state index contributed by atoms with van der Waals surface area (Å²) in [6.45, 7) is 11.2. The molecular formula is C41H70ClN16O7+. The van der Waals surface area contributed by atoms with Gasteiger partial charge in [0, 0.05) is 77.7 Å². The molecule has 2 saturated heterocycles. The molecule has 0 aromatic carbocycles. The number of aliphatic hydroxyl groups is 2. The third-order valence-corrected chi connectivity index (χ3v) is 10.9. The zero-order valence-electron chi connectivity index (χ0n) is 38.1. The van der Waals surface area contributed by atoms with Gasteiger partial charge in [-0.25, -0.2) is 9.36 Å². The zero-order valence-corrected chi connectivity index (χ0v) is 38.8. The second kappa shape index (κ2) is 28.3. The highest BCUT2D eigenvalue weighted by molar-refractivity contribution is 5.81. The second-order valence-corrected chi connectivity index (χ2v) is 16.1. The molecule has 2 aliphatic rings. The molecule has 2 fully saturated rings. The van der Waals surface area contributed by atoms with Crippen molar-refractivity contribution in [2.24, 2.45) is 0 Å². The van der Waals surface area contributed by atoms with Crippen LogP contribution in [0.15, 0.2) is 12.4 Å². The lowest BCUT2D eigenvalue weighted by Gasteiger charge is -2.38. The number of halogens is 1. The Morgan fingerprint density at radius 2 is 1.31 bits per heavy atom. The number of carbonyl (C=O) groups excluding carboxylic acids is 2. The number of hydrogen-bond donors (Lipinski definition) is 5. The number of nitrogens with zero attached hydrogens (tertiary/aromatic N) is 13. The third-order valence-electron chi connectivity index (χ3n) is 10.9. The van der Waals surface area contributed by atoms with E-state index in [0.29, 0.717) is 128 Å².